The zero-order valence-electron chi connectivity index (χ0n) is 16.8. The fourth-order valence-corrected chi connectivity index (χ4v) is 4.28. The van der Waals surface area contributed by atoms with Crippen LogP contribution in [0.3, 0.4) is 0 Å². The van der Waals surface area contributed by atoms with Crippen LogP contribution < -0.4 is 5.32 Å². The molecule has 5 rings (SSSR count). The number of amides is 1. The van der Waals surface area contributed by atoms with Gasteiger partial charge < -0.3 is 4.98 Å². The number of aryl methyl sites for hydroxylation is 1. The molecule has 0 aliphatic carbocycles. The maximum absolute atomic E-state index is 12.9. The molecular formula is C22H20N6OS. The fourth-order valence-electron chi connectivity index (χ4n) is 3.58. The highest BCUT2D eigenvalue weighted by Crippen LogP contribution is 2.31. The Balaban J connectivity index is 1.43. The lowest BCUT2D eigenvalue weighted by molar-refractivity contribution is 0.102. The normalized spacial score (nSPS) is 11.6. The fraction of sp³-hybridized carbons (Fsp3) is 0.182. The van der Waals surface area contributed by atoms with Gasteiger partial charge in [-0.05, 0) is 32.9 Å². The van der Waals surface area contributed by atoms with Crippen LogP contribution in [-0.4, -0.2) is 30.6 Å². The van der Waals surface area contributed by atoms with Crippen LogP contribution in [0.1, 0.15) is 35.9 Å². The first-order valence-electron chi connectivity index (χ1n) is 9.69. The summed E-state index contributed by atoms with van der Waals surface area (Å²) in [6.45, 7) is 5.95. The molecular weight excluding hydrogens is 396 g/mol. The van der Waals surface area contributed by atoms with Gasteiger partial charge in [0.05, 0.1) is 23.1 Å². The zero-order valence-corrected chi connectivity index (χ0v) is 17.6. The third-order valence-electron chi connectivity index (χ3n) is 5.08. The number of pyridine rings is 1. The Hall–Kier alpha value is -3.52. The number of carbonyl (C=O) groups excluding carboxylic acids is 1. The SMILES string of the molecule is Cc1nc2c(cnn2C(C)C)cc1C(=O)Nc1nc(-c2c[nH]c3ccccc23)cs1. The van der Waals surface area contributed by atoms with E-state index >= 15 is 0 Å². The molecule has 0 saturated heterocycles. The summed E-state index contributed by atoms with van der Waals surface area (Å²) in [5.74, 6) is -0.223. The van der Waals surface area contributed by atoms with Gasteiger partial charge in [-0.25, -0.2) is 14.6 Å². The van der Waals surface area contributed by atoms with Gasteiger partial charge >= 0.3 is 0 Å². The summed E-state index contributed by atoms with van der Waals surface area (Å²) in [6, 6.07) is 10.1. The number of aromatic amines is 1. The van der Waals surface area contributed by atoms with Crippen molar-refractivity contribution >= 4 is 44.3 Å². The summed E-state index contributed by atoms with van der Waals surface area (Å²) in [5, 5.41) is 11.8. The summed E-state index contributed by atoms with van der Waals surface area (Å²) in [6.07, 6.45) is 3.69. The van der Waals surface area contributed by atoms with E-state index in [0.717, 1.165) is 33.2 Å². The molecule has 0 aliphatic rings. The summed E-state index contributed by atoms with van der Waals surface area (Å²) in [7, 11) is 0. The molecule has 0 unspecified atom stereocenters. The average molecular weight is 417 g/mol. The second-order valence-electron chi connectivity index (χ2n) is 7.46. The van der Waals surface area contributed by atoms with Crippen LogP contribution >= 0.6 is 11.3 Å². The second kappa shape index (κ2) is 7.07. The van der Waals surface area contributed by atoms with Crippen molar-refractivity contribution in [2.75, 3.05) is 5.32 Å². The lowest BCUT2D eigenvalue weighted by atomic mass is 10.1. The van der Waals surface area contributed by atoms with E-state index in [1.807, 2.05) is 47.4 Å². The molecule has 1 aromatic carbocycles. The minimum absolute atomic E-state index is 0.201. The number of H-pyrrole nitrogens is 1. The van der Waals surface area contributed by atoms with Gasteiger partial charge in [-0.2, -0.15) is 5.10 Å². The van der Waals surface area contributed by atoms with Crippen LogP contribution in [0.5, 0.6) is 0 Å². The van der Waals surface area contributed by atoms with Gasteiger partial charge in [0.25, 0.3) is 5.91 Å². The van der Waals surface area contributed by atoms with Gasteiger partial charge in [0.2, 0.25) is 0 Å². The van der Waals surface area contributed by atoms with Crippen molar-refractivity contribution in [2.24, 2.45) is 0 Å². The van der Waals surface area contributed by atoms with Gasteiger partial charge in [-0.15, -0.1) is 11.3 Å². The molecule has 4 heterocycles. The van der Waals surface area contributed by atoms with E-state index < -0.39 is 0 Å². The third kappa shape index (κ3) is 3.05. The number of fused-ring (bicyclic) bond motifs is 2. The average Bonchev–Trinajstić information content (AvgIpc) is 3.44. The zero-order chi connectivity index (χ0) is 20.8. The van der Waals surface area contributed by atoms with Gasteiger partial charge in [0, 0.05) is 39.5 Å². The molecule has 0 fully saturated rings. The van der Waals surface area contributed by atoms with E-state index in [1.165, 1.54) is 11.3 Å². The molecule has 0 radical (unpaired) electrons. The molecule has 5 aromatic rings. The topological polar surface area (TPSA) is 88.5 Å². The lowest BCUT2D eigenvalue weighted by Gasteiger charge is -2.09. The van der Waals surface area contributed by atoms with Crippen LogP contribution in [0.2, 0.25) is 0 Å². The van der Waals surface area contributed by atoms with Crippen molar-refractivity contribution in [3.63, 3.8) is 0 Å². The first kappa shape index (κ1) is 18.5. The number of para-hydroxylation sites is 1. The van der Waals surface area contributed by atoms with Gasteiger partial charge in [-0.3, -0.25) is 10.1 Å². The number of rotatable bonds is 4. The Bertz CT molecular complexity index is 1390. The molecule has 4 aromatic heterocycles. The number of nitrogens with one attached hydrogen (secondary N) is 2. The van der Waals surface area contributed by atoms with Gasteiger partial charge in [-0.1, -0.05) is 18.2 Å². The van der Waals surface area contributed by atoms with Crippen LogP contribution in [-0.2, 0) is 0 Å². The Kier molecular flexibility index (Phi) is 4.36. The Labute approximate surface area is 176 Å². The van der Waals surface area contributed by atoms with E-state index in [1.54, 1.807) is 6.20 Å². The summed E-state index contributed by atoms with van der Waals surface area (Å²) >= 11 is 1.40. The summed E-state index contributed by atoms with van der Waals surface area (Å²) < 4.78 is 1.86. The smallest absolute Gasteiger partial charge is 0.259 e. The molecule has 8 heteroatoms. The molecule has 0 spiro atoms. The minimum atomic E-state index is -0.223. The molecule has 0 aliphatic heterocycles. The number of hydrogen-bond acceptors (Lipinski definition) is 5. The quantitative estimate of drug-likeness (QED) is 0.423. The number of aromatic nitrogens is 5. The van der Waals surface area contributed by atoms with E-state index in [4.69, 9.17) is 0 Å². The number of carbonyl (C=O) groups is 1. The molecule has 30 heavy (non-hydrogen) atoms. The Morgan fingerprint density at radius 2 is 2.07 bits per heavy atom. The van der Waals surface area contributed by atoms with E-state index in [9.17, 15) is 4.79 Å². The molecule has 1 amide bonds. The van der Waals surface area contributed by atoms with Crippen LogP contribution in [0.4, 0.5) is 5.13 Å². The van der Waals surface area contributed by atoms with Crippen molar-refractivity contribution in [2.45, 2.75) is 26.8 Å². The second-order valence-corrected chi connectivity index (χ2v) is 8.32. The van der Waals surface area contributed by atoms with Crippen LogP contribution in [0, 0.1) is 6.92 Å². The van der Waals surface area contributed by atoms with Crippen LogP contribution in [0.25, 0.3) is 33.2 Å². The van der Waals surface area contributed by atoms with E-state index in [2.05, 4.69) is 45.3 Å². The number of anilines is 1. The molecule has 0 atom stereocenters. The number of hydrogen-bond donors (Lipinski definition) is 2. The maximum atomic E-state index is 12.9. The van der Waals surface area contributed by atoms with Crippen molar-refractivity contribution in [3.8, 4) is 11.3 Å². The molecule has 0 saturated carbocycles. The van der Waals surface area contributed by atoms with Gasteiger partial charge in [0.15, 0.2) is 10.8 Å². The first-order valence-corrected chi connectivity index (χ1v) is 10.6. The maximum Gasteiger partial charge on any atom is 0.259 e. The van der Waals surface area contributed by atoms with Crippen molar-refractivity contribution in [1.29, 1.82) is 0 Å². The number of benzene rings is 1. The highest BCUT2D eigenvalue weighted by atomic mass is 32.1. The highest BCUT2D eigenvalue weighted by molar-refractivity contribution is 7.14. The first-order chi connectivity index (χ1) is 14.5. The largest absolute Gasteiger partial charge is 0.360 e. The van der Waals surface area contributed by atoms with Crippen molar-refractivity contribution in [1.82, 2.24) is 24.7 Å². The summed E-state index contributed by atoms with van der Waals surface area (Å²) in [5.41, 5.74) is 4.88. The molecule has 0 bridgehead atoms. The Morgan fingerprint density at radius 1 is 1.23 bits per heavy atom. The molecule has 2 N–H and O–H groups in total. The van der Waals surface area contributed by atoms with Crippen molar-refractivity contribution in [3.05, 3.63) is 59.4 Å². The standard InChI is InChI=1S/C22H20N6OS/c1-12(2)28-20-14(9-24-28)8-16(13(3)25-20)21(29)27-22-26-19(11-30-22)17-10-23-18-7-5-4-6-15(17)18/h4-12,23H,1-3H3,(H,26,27,29). The minimum Gasteiger partial charge on any atom is -0.360 e. The number of thiazole rings is 1. The van der Waals surface area contributed by atoms with Crippen LogP contribution in [0.15, 0.2) is 48.1 Å². The van der Waals surface area contributed by atoms with Crippen molar-refractivity contribution < 1.29 is 4.79 Å². The monoisotopic (exact) mass is 416 g/mol. The highest BCUT2D eigenvalue weighted by Gasteiger charge is 2.17. The molecule has 150 valence electrons. The van der Waals surface area contributed by atoms with E-state index in [-0.39, 0.29) is 11.9 Å². The summed E-state index contributed by atoms with van der Waals surface area (Å²) in [4.78, 5) is 25.4. The van der Waals surface area contributed by atoms with Gasteiger partial charge in [0.1, 0.15) is 0 Å². The molecule has 7 nitrogen and oxygen atoms in total. The number of nitrogens with zero attached hydrogens (tertiary/aromatic N) is 4. The van der Waals surface area contributed by atoms with E-state index in [0.29, 0.717) is 16.4 Å². The lowest BCUT2D eigenvalue weighted by Crippen LogP contribution is -2.14. The predicted molar refractivity (Wildman–Crippen MR) is 120 cm³/mol. The Morgan fingerprint density at radius 3 is 2.90 bits per heavy atom. The predicted octanol–water partition coefficient (Wildman–Crippen LogP) is 5.18. The third-order valence-corrected chi connectivity index (χ3v) is 5.84.